The maximum absolute atomic E-state index is 12.3. The Morgan fingerprint density at radius 3 is 2.62 bits per heavy atom. The molecule has 1 aliphatic rings. The van der Waals surface area contributed by atoms with E-state index in [1.54, 1.807) is 19.1 Å². The van der Waals surface area contributed by atoms with E-state index in [1.165, 1.54) is 6.07 Å². The number of carboxylic acids is 1. The van der Waals surface area contributed by atoms with Crippen molar-refractivity contribution in [3.63, 3.8) is 0 Å². The molecule has 0 saturated heterocycles. The van der Waals surface area contributed by atoms with Gasteiger partial charge in [0.15, 0.2) is 0 Å². The number of carbonyl (C=O) groups is 1. The quantitative estimate of drug-likeness (QED) is 0.855. The average Bonchev–Trinajstić information content (AvgIpc) is 2.37. The van der Waals surface area contributed by atoms with Crippen molar-refractivity contribution >= 4 is 16.0 Å². The predicted molar refractivity (Wildman–Crippen MR) is 75.0 cm³/mol. The third kappa shape index (κ3) is 2.91. The molecule has 0 heterocycles. The molecule has 7 heteroatoms. The lowest BCUT2D eigenvalue weighted by Crippen LogP contribution is -2.47. The molecule has 2 rings (SSSR count). The lowest BCUT2D eigenvalue weighted by atomic mass is 9.69. The Morgan fingerprint density at radius 1 is 1.48 bits per heavy atom. The summed E-state index contributed by atoms with van der Waals surface area (Å²) < 4.78 is 27.0. The Bertz CT molecular complexity index is 715. The second-order valence-electron chi connectivity index (χ2n) is 5.36. The summed E-state index contributed by atoms with van der Waals surface area (Å²) in [7, 11) is -3.83. The molecular weight excluding hydrogens is 292 g/mol. The maximum atomic E-state index is 12.3. The highest BCUT2D eigenvalue weighted by Gasteiger charge is 2.45. The van der Waals surface area contributed by atoms with Gasteiger partial charge in [-0.05, 0) is 37.5 Å². The number of nitrogens with zero attached hydrogens (tertiary/aromatic N) is 1. The zero-order valence-corrected chi connectivity index (χ0v) is 12.4. The average molecular weight is 308 g/mol. The molecule has 0 aliphatic heterocycles. The van der Waals surface area contributed by atoms with Crippen molar-refractivity contribution in [3.05, 3.63) is 29.3 Å². The van der Waals surface area contributed by atoms with E-state index in [-0.39, 0.29) is 17.0 Å². The largest absolute Gasteiger partial charge is 0.481 e. The molecule has 1 aromatic rings. The van der Waals surface area contributed by atoms with Gasteiger partial charge in [0.1, 0.15) is 0 Å². The van der Waals surface area contributed by atoms with E-state index in [9.17, 15) is 18.3 Å². The highest BCUT2D eigenvalue weighted by molar-refractivity contribution is 7.89. The zero-order valence-electron chi connectivity index (χ0n) is 11.6. The molecule has 0 bridgehead atoms. The van der Waals surface area contributed by atoms with E-state index in [4.69, 9.17) is 5.26 Å². The number of aliphatic carboxylic acids is 1. The molecule has 1 aliphatic carbocycles. The molecule has 112 valence electrons. The van der Waals surface area contributed by atoms with Gasteiger partial charge in [-0.25, -0.2) is 13.1 Å². The first-order valence-electron chi connectivity index (χ1n) is 6.55. The molecule has 21 heavy (non-hydrogen) atoms. The van der Waals surface area contributed by atoms with Crippen molar-refractivity contribution in [1.82, 2.24) is 4.72 Å². The van der Waals surface area contributed by atoms with Crippen LogP contribution in [-0.2, 0) is 14.8 Å². The fraction of sp³-hybridized carbons (Fsp3) is 0.429. The van der Waals surface area contributed by atoms with Gasteiger partial charge in [0.05, 0.1) is 21.9 Å². The number of nitrogens with one attached hydrogen (secondary N) is 1. The van der Waals surface area contributed by atoms with E-state index in [2.05, 4.69) is 4.72 Å². The summed E-state index contributed by atoms with van der Waals surface area (Å²) in [5.41, 5.74) is -0.231. The third-order valence-corrected chi connectivity index (χ3v) is 5.51. The highest BCUT2D eigenvalue weighted by atomic mass is 32.2. The zero-order chi connectivity index (χ0) is 15.7. The summed E-state index contributed by atoms with van der Waals surface area (Å²) in [5.74, 6) is -0.973. The van der Waals surface area contributed by atoms with Crippen LogP contribution in [0.5, 0.6) is 0 Å². The number of carboxylic acid groups (broad SMARTS) is 1. The van der Waals surface area contributed by atoms with Crippen molar-refractivity contribution in [2.45, 2.75) is 31.1 Å². The molecule has 0 radical (unpaired) electrons. The Kier molecular flexibility index (Phi) is 4.03. The molecular formula is C14H16N2O4S. The molecule has 0 amide bonds. The van der Waals surface area contributed by atoms with Crippen LogP contribution in [0.15, 0.2) is 23.1 Å². The van der Waals surface area contributed by atoms with E-state index >= 15 is 0 Å². The molecule has 1 saturated carbocycles. The summed E-state index contributed by atoms with van der Waals surface area (Å²) in [6, 6.07) is 6.29. The van der Waals surface area contributed by atoms with E-state index in [0.717, 1.165) is 6.42 Å². The standard InChI is InChI=1S/C14H16N2O4S/c1-10-3-4-11(8-15)7-12(10)21(19,20)16-9-14(13(17)18)5-2-6-14/h3-4,7,16H,2,5-6,9H2,1H3,(H,17,18). The summed E-state index contributed by atoms with van der Waals surface area (Å²) in [4.78, 5) is 11.3. The van der Waals surface area contributed by atoms with Crippen molar-refractivity contribution in [1.29, 1.82) is 5.26 Å². The molecule has 2 N–H and O–H groups in total. The van der Waals surface area contributed by atoms with Crippen molar-refractivity contribution < 1.29 is 18.3 Å². The first-order chi connectivity index (χ1) is 9.81. The fourth-order valence-electron chi connectivity index (χ4n) is 2.34. The molecule has 1 aromatic carbocycles. The predicted octanol–water partition coefficient (Wildman–Crippen LogP) is 1.40. The van der Waals surface area contributed by atoms with Crippen LogP contribution in [-0.4, -0.2) is 26.0 Å². The van der Waals surface area contributed by atoms with Crippen LogP contribution in [0.4, 0.5) is 0 Å². The first-order valence-corrected chi connectivity index (χ1v) is 8.03. The van der Waals surface area contributed by atoms with Gasteiger partial charge in [0, 0.05) is 6.54 Å². The summed E-state index contributed by atoms with van der Waals surface area (Å²) in [6.07, 6.45) is 1.74. The van der Waals surface area contributed by atoms with Crippen LogP contribution >= 0.6 is 0 Å². The second-order valence-corrected chi connectivity index (χ2v) is 7.09. The summed E-state index contributed by atoms with van der Waals surface area (Å²) in [6.45, 7) is 1.51. The van der Waals surface area contributed by atoms with Crippen LogP contribution in [0, 0.1) is 23.7 Å². The molecule has 0 aromatic heterocycles. The van der Waals surface area contributed by atoms with Crippen LogP contribution < -0.4 is 4.72 Å². The summed E-state index contributed by atoms with van der Waals surface area (Å²) >= 11 is 0. The van der Waals surface area contributed by atoms with Gasteiger partial charge in [0.25, 0.3) is 0 Å². The molecule has 0 atom stereocenters. The molecule has 0 spiro atoms. The van der Waals surface area contributed by atoms with Crippen LogP contribution in [0.3, 0.4) is 0 Å². The number of nitriles is 1. The number of aryl methyl sites for hydroxylation is 1. The minimum Gasteiger partial charge on any atom is -0.481 e. The lowest BCUT2D eigenvalue weighted by molar-refractivity contribution is -0.153. The number of rotatable bonds is 5. The Morgan fingerprint density at radius 2 is 2.14 bits per heavy atom. The highest BCUT2D eigenvalue weighted by Crippen LogP contribution is 2.40. The van der Waals surface area contributed by atoms with Gasteiger partial charge in [-0.15, -0.1) is 0 Å². The van der Waals surface area contributed by atoms with Crippen LogP contribution in [0.2, 0.25) is 0 Å². The minimum absolute atomic E-state index is 0.0152. The Hall–Kier alpha value is -1.91. The van der Waals surface area contributed by atoms with E-state index in [1.807, 2.05) is 6.07 Å². The maximum Gasteiger partial charge on any atom is 0.310 e. The van der Waals surface area contributed by atoms with E-state index in [0.29, 0.717) is 18.4 Å². The normalized spacial score (nSPS) is 16.8. The van der Waals surface area contributed by atoms with E-state index < -0.39 is 21.4 Å². The third-order valence-electron chi connectivity index (χ3n) is 3.97. The Labute approximate surface area is 123 Å². The van der Waals surface area contributed by atoms with Crippen molar-refractivity contribution in [2.75, 3.05) is 6.54 Å². The fourth-order valence-corrected chi connectivity index (χ4v) is 3.74. The molecule has 0 unspecified atom stereocenters. The first kappa shape index (κ1) is 15.5. The minimum atomic E-state index is -3.83. The molecule has 6 nitrogen and oxygen atoms in total. The van der Waals surface area contributed by atoms with Crippen LogP contribution in [0.25, 0.3) is 0 Å². The van der Waals surface area contributed by atoms with Gasteiger partial charge < -0.3 is 5.11 Å². The van der Waals surface area contributed by atoms with Gasteiger partial charge in [-0.2, -0.15) is 5.26 Å². The topological polar surface area (TPSA) is 107 Å². The van der Waals surface area contributed by atoms with Gasteiger partial charge >= 0.3 is 5.97 Å². The van der Waals surface area contributed by atoms with Gasteiger partial charge in [-0.3, -0.25) is 4.79 Å². The monoisotopic (exact) mass is 308 g/mol. The SMILES string of the molecule is Cc1ccc(C#N)cc1S(=O)(=O)NCC1(C(=O)O)CCC1. The second kappa shape index (κ2) is 5.47. The van der Waals surface area contributed by atoms with Gasteiger partial charge in [-0.1, -0.05) is 12.5 Å². The Balaban J connectivity index is 2.23. The number of sulfonamides is 1. The van der Waals surface area contributed by atoms with Crippen molar-refractivity contribution in [3.8, 4) is 6.07 Å². The number of hydrogen-bond donors (Lipinski definition) is 2. The lowest BCUT2D eigenvalue weighted by Gasteiger charge is -2.37. The van der Waals surface area contributed by atoms with Crippen molar-refractivity contribution in [2.24, 2.45) is 5.41 Å². The number of benzene rings is 1. The van der Waals surface area contributed by atoms with Gasteiger partial charge in [0.2, 0.25) is 10.0 Å². The van der Waals surface area contributed by atoms with Crippen LogP contribution in [0.1, 0.15) is 30.4 Å². The smallest absolute Gasteiger partial charge is 0.310 e. The number of hydrogen-bond acceptors (Lipinski definition) is 4. The summed E-state index contributed by atoms with van der Waals surface area (Å²) in [5, 5.41) is 18.1. The molecule has 1 fully saturated rings.